The van der Waals surface area contributed by atoms with Gasteiger partial charge in [0, 0.05) is 18.7 Å². The highest BCUT2D eigenvalue weighted by Crippen LogP contribution is 2.20. The van der Waals surface area contributed by atoms with E-state index in [9.17, 15) is 9.59 Å². The van der Waals surface area contributed by atoms with Crippen LogP contribution in [0.5, 0.6) is 5.75 Å². The van der Waals surface area contributed by atoms with Crippen molar-refractivity contribution in [3.8, 4) is 5.75 Å². The maximum absolute atomic E-state index is 12.0. The van der Waals surface area contributed by atoms with Gasteiger partial charge in [0.25, 0.3) is 11.8 Å². The van der Waals surface area contributed by atoms with Gasteiger partial charge in [0.05, 0.1) is 0 Å². The molecule has 0 heterocycles. The number of ether oxygens (including phenoxy) is 1. The maximum atomic E-state index is 12.0. The molecule has 0 aromatic heterocycles. The van der Waals surface area contributed by atoms with E-state index in [4.69, 9.17) is 4.74 Å². The first-order chi connectivity index (χ1) is 12.0. The fraction of sp³-hybridized carbons (Fsp3) is 0.300. The van der Waals surface area contributed by atoms with Crippen LogP contribution in [0.3, 0.4) is 0 Å². The molecule has 0 aliphatic heterocycles. The third kappa shape index (κ3) is 5.35. The molecule has 0 aliphatic carbocycles. The molecule has 132 valence electrons. The molecule has 0 fully saturated rings. The Morgan fingerprint density at radius 2 is 1.56 bits per heavy atom. The van der Waals surface area contributed by atoms with Crippen molar-refractivity contribution in [2.75, 3.05) is 19.7 Å². The van der Waals surface area contributed by atoms with Gasteiger partial charge in [-0.3, -0.25) is 9.59 Å². The van der Waals surface area contributed by atoms with Crippen LogP contribution in [0.4, 0.5) is 0 Å². The first-order valence-electron chi connectivity index (χ1n) is 8.28. The Labute approximate surface area is 148 Å². The number of benzene rings is 2. The van der Waals surface area contributed by atoms with E-state index < -0.39 is 0 Å². The van der Waals surface area contributed by atoms with Gasteiger partial charge in [-0.2, -0.15) is 0 Å². The van der Waals surface area contributed by atoms with Crippen LogP contribution >= 0.6 is 0 Å². The summed E-state index contributed by atoms with van der Waals surface area (Å²) in [6, 6.07) is 13.1. The molecule has 5 nitrogen and oxygen atoms in total. The normalized spacial score (nSPS) is 10.2. The molecule has 2 aromatic carbocycles. The number of amides is 2. The van der Waals surface area contributed by atoms with Gasteiger partial charge >= 0.3 is 0 Å². The lowest BCUT2D eigenvalue weighted by Gasteiger charge is -2.11. The Bertz CT molecular complexity index is 756. The first-order valence-corrected chi connectivity index (χ1v) is 8.28. The molecular formula is C20H24N2O3. The SMILES string of the molecule is Cc1ccccc1C(=O)NCCNC(=O)COc1cccc(C)c1C. The second-order valence-electron chi connectivity index (χ2n) is 5.91. The maximum Gasteiger partial charge on any atom is 0.258 e. The molecule has 0 spiro atoms. The number of aryl methyl sites for hydroxylation is 2. The van der Waals surface area contributed by atoms with Crippen LogP contribution in [-0.4, -0.2) is 31.5 Å². The minimum absolute atomic E-state index is 0.0456. The zero-order valence-corrected chi connectivity index (χ0v) is 14.9. The minimum Gasteiger partial charge on any atom is -0.483 e. The van der Waals surface area contributed by atoms with E-state index in [1.54, 1.807) is 6.07 Å². The van der Waals surface area contributed by atoms with E-state index in [1.807, 2.05) is 57.2 Å². The molecule has 0 saturated carbocycles. The molecule has 2 N–H and O–H groups in total. The van der Waals surface area contributed by atoms with Crippen molar-refractivity contribution in [2.45, 2.75) is 20.8 Å². The molecule has 5 heteroatoms. The summed E-state index contributed by atoms with van der Waals surface area (Å²) < 4.78 is 5.54. The lowest BCUT2D eigenvalue weighted by molar-refractivity contribution is -0.123. The van der Waals surface area contributed by atoms with E-state index in [-0.39, 0.29) is 18.4 Å². The fourth-order valence-corrected chi connectivity index (χ4v) is 2.38. The van der Waals surface area contributed by atoms with E-state index in [1.165, 1.54) is 0 Å². The Balaban J connectivity index is 1.70. The monoisotopic (exact) mass is 340 g/mol. The van der Waals surface area contributed by atoms with Gasteiger partial charge in [-0.1, -0.05) is 30.3 Å². The summed E-state index contributed by atoms with van der Waals surface area (Å²) in [5.74, 6) is 0.355. The molecule has 2 amide bonds. The van der Waals surface area contributed by atoms with Crippen LogP contribution in [0.25, 0.3) is 0 Å². The van der Waals surface area contributed by atoms with Gasteiger partial charge in [0.15, 0.2) is 6.61 Å². The van der Waals surface area contributed by atoms with Crippen molar-refractivity contribution in [3.63, 3.8) is 0 Å². The number of carbonyl (C=O) groups excluding carboxylic acids is 2. The summed E-state index contributed by atoms with van der Waals surface area (Å²) in [6.45, 7) is 6.52. The molecule has 0 aliphatic rings. The highest BCUT2D eigenvalue weighted by molar-refractivity contribution is 5.95. The average Bonchev–Trinajstić information content (AvgIpc) is 2.60. The van der Waals surface area contributed by atoms with Crippen LogP contribution in [0.2, 0.25) is 0 Å². The Hall–Kier alpha value is -2.82. The molecule has 0 radical (unpaired) electrons. The van der Waals surface area contributed by atoms with Crippen molar-refractivity contribution in [2.24, 2.45) is 0 Å². The highest BCUT2D eigenvalue weighted by Gasteiger charge is 2.08. The predicted molar refractivity (Wildman–Crippen MR) is 97.9 cm³/mol. The Morgan fingerprint density at radius 3 is 2.32 bits per heavy atom. The molecule has 2 rings (SSSR count). The van der Waals surface area contributed by atoms with Crippen molar-refractivity contribution in [3.05, 3.63) is 64.7 Å². The number of rotatable bonds is 7. The van der Waals surface area contributed by atoms with Crippen molar-refractivity contribution >= 4 is 11.8 Å². The van der Waals surface area contributed by atoms with Gasteiger partial charge < -0.3 is 15.4 Å². The van der Waals surface area contributed by atoms with E-state index in [2.05, 4.69) is 10.6 Å². The van der Waals surface area contributed by atoms with Crippen molar-refractivity contribution in [1.82, 2.24) is 10.6 Å². The molecule has 0 unspecified atom stereocenters. The Kier molecular flexibility index (Phi) is 6.57. The summed E-state index contributed by atoms with van der Waals surface area (Å²) in [5, 5.41) is 5.52. The van der Waals surface area contributed by atoms with Crippen LogP contribution in [-0.2, 0) is 4.79 Å². The topological polar surface area (TPSA) is 67.4 Å². The quantitative estimate of drug-likeness (QED) is 0.761. The smallest absolute Gasteiger partial charge is 0.258 e. The highest BCUT2D eigenvalue weighted by atomic mass is 16.5. The second kappa shape index (κ2) is 8.87. The molecule has 0 atom stereocenters. The zero-order valence-electron chi connectivity index (χ0n) is 14.9. The lowest BCUT2D eigenvalue weighted by atomic mass is 10.1. The summed E-state index contributed by atoms with van der Waals surface area (Å²) in [4.78, 5) is 23.9. The summed E-state index contributed by atoms with van der Waals surface area (Å²) in [7, 11) is 0. The van der Waals surface area contributed by atoms with Gasteiger partial charge in [-0.15, -0.1) is 0 Å². The van der Waals surface area contributed by atoms with Crippen LogP contribution in [0.1, 0.15) is 27.0 Å². The summed E-state index contributed by atoms with van der Waals surface area (Å²) in [5.41, 5.74) is 3.72. The number of hydrogen-bond donors (Lipinski definition) is 2. The van der Waals surface area contributed by atoms with Gasteiger partial charge in [0.1, 0.15) is 5.75 Å². The van der Waals surface area contributed by atoms with E-state index in [0.29, 0.717) is 24.4 Å². The summed E-state index contributed by atoms with van der Waals surface area (Å²) >= 11 is 0. The van der Waals surface area contributed by atoms with Gasteiger partial charge in [-0.05, 0) is 49.6 Å². The standard InChI is InChI=1S/C20H24N2O3/c1-14-8-6-10-18(16(14)3)25-13-19(23)21-11-12-22-20(24)17-9-5-4-7-15(17)2/h4-10H,11-13H2,1-3H3,(H,21,23)(H,22,24). The van der Waals surface area contributed by atoms with Crippen molar-refractivity contribution in [1.29, 1.82) is 0 Å². The van der Waals surface area contributed by atoms with Crippen LogP contribution in [0.15, 0.2) is 42.5 Å². The summed E-state index contributed by atoms with van der Waals surface area (Å²) in [6.07, 6.45) is 0. The largest absolute Gasteiger partial charge is 0.483 e. The second-order valence-corrected chi connectivity index (χ2v) is 5.91. The van der Waals surface area contributed by atoms with E-state index >= 15 is 0 Å². The zero-order chi connectivity index (χ0) is 18.2. The predicted octanol–water partition coefficient (Wildman–Crippen LogP) is 2.54. The molecule has 25 heavy (non-hydrogen) atoms. The van der Waals surface area contributed by atoms with Gasteiger partial charge in [-0.25, -0.2) is 0 Å². The Morgan fingerprint density at radius 1 is 0.880 bits per heavy atom. The third-order valence-electron chi connectivity index (χ3n) is 4.04. The fourth-order valence-electron chi connectivity index (χ4n) is 2.38. The van der Waals surface area contributed by atoms with Crippen LogP contribution < -0.4 is 15.4 Å². The number of carbonyl (C=O) groups is 2. The molecule has 0 bridgehead atoms. The van der Waals surface area contributed by atoms with Crippen LogP contribution in [0, 0.1) is 20.8 Å². The van der Waals surface area contributed by atoms with Gasteiger partial charge in [0.2, 0.25) is 0 Å². The molecular weight excluding hydrogens is 316 g/mol. The average molecular weight is 340 g/mol. The minimum atomic E-state index is -0.217. The number of hydrogen-bond acceptors (Lipinski definition) is 3. The molecule has 0 saturated heterocycles. The molecule has 2 aromatic rings. The lowest BCUT2D eigenvalue weighted by Crippen LogP contribution is -2.37. The van der Waals surface area contributed by atoms with Crippen molar-refractivity contribution < 1.29 is 14.3 Å². The first kappa shape index (κ1) is 18.5. The number of nitrogens with one attached hydrogen (secondary N) is 2. The third-order valence-corrected chi connectivity index (χ3v) is 4.04. The van der Waals surface area contributed by atoms with E-state index in [0.717, 1.165) is 16.7 Å².